The first-order valence-corrected chi connectivity index (χ1v) is 14.9. The molecule has 0 radical (unpaired) electrons. The third-order valence-corrected chi connectivity index (χ3v) is 8.30. The van der Waals surface area contributed by atoms with Gasteiger partial charge in [0.2, 0.25) is 5.91 Å². The zero-order valence-corrected chi connectivity index (χ0v) is 25.2. The Morgan fingerprint density at radius 1 is 0.978 bits per heavy atom. The number of furan rings is 1. The molecular formula is C35H28F4N4O2S. The Kier molecular flexibility index (Phi) is 8.59. The van der Waals surface area contributed by atoms with Crippen LogP contribution in [0.5, 0.6) is 0 Å². The first kappa shape index (κ1) is 31.0. The fourth-order valence-electron chi connectivity index (χ4n) is 5.32. The molecule has 11 heteroatoms. The minimum Gasteiger partial charge on any atom is -0.459 e. The molecule has 5 aromatic rings. The van der Waals surface area contributed by atoms with Crippen LogP contribution >= 0.6 is 12.2 Å². The van der Waals surface area contributed by atoms with Crippen LogP contribution in [0.2, 0.25) is 0 Å². The number of halogens is 4. The minimum absolute atomic E-state index is 0.0823. The number of benzene rings is 3. The molecule has 0 atom stereocenters. The van der Waals surface area contributed by atoms with E-state index in [0.29, 0.717) is 60.9 Å². The summed E-state index contributed by atoms with van der Waals surface area (Å²) in [6.45, 7) is 0.290. The first-order chi connectivity index (χ1) is 22.0. The van der Waals surface area contributed by atoms with Gasteiger partial charge in [-0.3, -0.25) is 4.79 Å². The van der Waals surface area contributed by atoms with Crippen LogP contribution < -0.4 is 11.1 Å². The summed E-state index contributed by atoms with van der Waals surface area (Å²) in [5.74, 6) is -3.17. The molecular weight excluding hydrogens is 616 g/mol. The highest BCUT2D eigenvalue weighted by molar-refractivity contribution is 7.80. The van der Waals surface area contributed by atoms with E-state index < -0.39 is 17.6 Å². The molecule has 2 aromatic heterocycles. The average molecular weight is 645 g/mol. The summed E-state index contributed by atoms with van der Waals surface area (Å²) in [5, 5.41) is 3.43. The molecule has 234 valence electrons. The number of carbonyl (C=O) groups excluding carboxylic acids is 1. The number of rotatable bonds is 7. The van der Waals surface area contributed by atoms with E-state index in [1.807, 2.05) is 0 Å². The van der Waals surface area contributed by atoms with Gasteiger partial charge >= 0.3 is 0 Å². The second kappa shape index (κ2) is 12.8. The molecule has 1 aliphatic heterocycles. The molecule has 0 aliphatic carbocycles. The SMILES string of the molecule is Nc1ccc(C=CC(=O)NCc2cc3cc(-c4ccc(C(=S)N5CCC(F)(F)CC5)cc4F)cc(-c4ccc(F)cc4)c3o2)cn1. The number of hydrogen-bond donors (Lipinski definition) is 2. The quantitative estimate of drug-likeness (QED) is 0.107. The Labute approximate surface area is 267 Å². The summed E-state index contributed by atoms with van der Waals surface area (Å²) in [6, 6.07) is 19.1. The number of pyridine rings is 1. The van der Waals surface area contributed by atoms with Crippen LogP contribution in [-0.4, -0.2) is 39.8 Å². The maximum Gasteiger partial charge on any atom is 0.251 e. The Morgan fingerprint density at radius 2 is 1.74 bits per heavy atom. The summed E-state index contributed by atoms with van der Waals surface area (Å²) in [4.78, 5) is 18.5. The molecule has 46 heavy (non-hydrogen) atoms. The van der Waals surface area contributed by atoms with Crippen LogP contribution in [0.25, 0.3) is 39.3 Å². The zero-order chi connectivity index (χ0) is 32.4. The van der Waals surface area contributed by atoms with Crippen molar-refractivity contribution in [2.45, 2.75) is 25.3 Å². The molecule has 1 fully saturated rings. The van der Waals surface area contributed by atoms with E-state index in [9.17, 15) is 18.0 Å². The lowest BCUT2D eigenvalue weighted by Gasteiger charge is -2.33. The number of carbonyl (C=O) groups is 1. The molecule has 0 spiro atoms. The van der Waals surface area contributed by atoms with Crippen molar-refractivity contribution >= 4 is 46.0 Å². The van der Waals surface area contributed by atoms with Crippen molar-refractivity contribution in [2.75, 3.05) is 18.8 Å². The van der Waals surface area contributed by atoms with Gasteiger partial charge in [-0.2, -0.15) is 0 Å². The highest BCUT2D eigenvalue weighted by Gasteiger charge is 2.35. The van der Waals surface area contributed by atoms with E-state index in [0.717, 1.165) is 0 Å². The summed E-state index contributed by atoms with van der Waals surface area (Å²) >= 11 is 5.52. The number of alkyl halides is 2. The molecule has 3 heterocycles. The van der Waals surface area contributed by atoms with Gasteiger partial charge in [0.15, 0.2) is 0 Å². The summed E-state index contributed by atoms with van der Waals surface area (Å²) in [7, 11) is 0. The number of aromatic nitrogens is 1. The first-order valence-electron chi connectivity index (χ1n) is 14.5. The van der Waals surface area contributed by atoms with Gasteiger partial charge in [0.05, 0.1) is 6.54 Å². The monoisotopic (exact) mass is 644 g/mol. The van der Waals surface area contributed by atoms with E-state index in [2.05, 4.69) is 10.3 Å². The van der Waals surface area contributed by atoms with Crippen molar-refractivity contribution in [3.05, 3.63) is 114 Å². The van der Waals surface area contributed by atoms with Gasteiger partial charge in [0, 0.05) is 60.3 Å². The van der Waals surface area contributed by atoms with Crippen LogP contribution in [0.15, 0.2) is 89.5 Å². The Morgan fingerprint density at radius 3 is 2.43 bits per heavy atom. The number of likely N-dealkylation sites (tertiary alicyclic amines) is 1. The largest absolute Gasteiger partial charge is 0.459 e. The number of fused-ring (bicyclic) bond motifs is 1. The van der Waals surface area contributed by atoms with Crippen LogP contribution in [0.3, 0.4) is 0 Å². The van der Waals surface area contributed by atoms with Gasteiger partial charge in [0.1, 0.15) is 33.8 Å². The van der Waals surface area contributed by atoms with E-state index in [-0.39, 0.29) is 38.4 Å². The second-order valence-corrected chi connectivity index (χ2v) is 11.5. The molecule has 6 nitrogen and oxygen atoms in total. The van der Waals surface area contributed by atoms with E-state index in [1.54, 1.807) is 71.8 Å². The fourth-order valence-corrected chi connectivity index (χ4v) is 5.62. The van der Waals surface area contributed by atoms with Crippen molar-refractivity contribution in [1.82, 2.24) is 15.2 Å². The summed E-state index contributed by atoms with van der Waals surface area (Å²) in [6.07, 6.45) is 3.94. The van der Waals surface area contributed by atoms with E-state index in [1.165, 1.54) is 24.3 Å². The van der Waals surface area contributed by atoms with Gasteiger partial charge in [-0.1, -0.05) is 36.5 Å². The predicted molar refractivity (Wildman–Crippen MR) is 174 cm³/mol. The van der Waals surface area contributed by atoms with Crippen molar-refractivity contribution < 1.29 is 26.8 Å². The molecule has 1 saturated heterocycles. The number of nitrogen functional groups attached to an aromatic ring is 1. The second-order valence-electron chi connectivity index (χ2n) is 11.1. The number of anilines is 1. The number of nitrogens with two attached hydrogens (primary N) is 1. The summed E-state index contributed by atoms with van der Waals surface area (Å²) < 4.78 is 62.9. The number of nitrogens with one attached hydrogen (secondary N) is 1. The number of piperidine rings is 1. The molecule has 6 rings (SSSR count). The number of nitrogens with zero attached hydrogens (tertiary/aromatic N) is 2. The standard InChI is InChI=1S/C35H28F4N4O2S/c36-26-6-3-22(4-7-26)29-17-24(28-8-5-23(18-30(28)37)34(46)43-13-11-35(38,39)12-14-43)15-25-16-27(45-33(25)29)20-42-32(44)10-2-21-1-9-31(40)41-19-21/h1-10,15-19H,11-14,20H2,(H2,40,41)(H,42,44). The van der Waals surface area contributed by atoms with Gasteiger partial charge in [-0.15, -0.1) is 0 Å². The molecule has 0 unspecified atom stereocenters. The van der Waals surface area contributed by atoms with E-state index in [4.69, 9.17) is 22.4 Å². The van der Waals surface area contributed by atoms with Crippen LogP contribution in [0.4, 0.5) is 23.4 Å². The molecule has 3 aromatic carbocycles. The van der Waals surface area contributed by atoms with Gasteiger partial charge in [-0.25, -0.2) is 22.5 Å². The molecule has 0 saturated carbocycles. The maximum atomic E-state index is 15.7. The zero-order valence-electron chi connectivity index (χ0n) is 24.4. The van der Waals surface area contributed by atoms with Gasteiger partial charge in [0.25, 0.3) is 5.92 Å². The van der Waals surface area contributed by atoms with Crippen molar-refractivity contribution in [1.29, 1.82) is 0 Å². The normalized spacial score (nSPS) is 14.6. The molecule has 0 bridgehead atoms. The number of amides is 1. The smallest absolute Gasteiger partial charge is 0.251 e. The lowest BCUT2D eigenvalue weighted by Crippen LogP contribution is -2.42. The average Bonchev–Trinajstić information content (AvgIpc) is 3.46. The Hall–Kier alpha value is -5.03. The van der Waals surface area contributed by atoms with Crippen LogP contribution in [-0.2, 0) is 11.3 Å². The fraction of sp³-hybridized carbons (Fsp3) is 0.171. The topological polar surface area (TPSA) is 84.4 Å². The van der Waals surface area contributed by atoms with Crippen molar-refractivity contribution in [3.63, 3.8) is 0 Å². The Balaban J connectivity index is 1.27. The minimum atomic E-state index is -2.71. The predicted octanol–water partition coefficient (Wildman–Crippen LogP) is 7.76. The highest BCUT2D eigenvalue weighted by Crippen LogP contribution is 2.37. The molecule has 3 N–H and O–H groups in total. The lowest BCUT2D eigenvalue weighted by molar-refractivity contribution is -0.116. The molecule has 1 amide bonds. The maximum absolute atomic E-state index is 15.7. The third-order valence-electron chi connectivity index (χ3n) is 7.80. The van der Waals surface area contributed by atoms with Crippen LogP contribution in [0.1, 0.15) is 29.7 Å². The molecule has 1 aliphatic rings. The third kappa shape index (κ3) is 6.94. The van der Waals surface area contributed by atoms with Crippen molar-refractivity contribution in [3.8, 4) is 22.3 Å². The number of hydrogen-bond acceptors (Lipinski definition) is 5. The highest BCUT2D eigenvalue weighted by atomic mass is 32.1. The Bertz CT molecular complexity index is 1950. The lowest BCUT2D eigenvalue weighted by atomic mass is 9.95. The van der Waals surface area contributed by atoms with E-state index >= 15 is 4.39 Å². The summed E-state index contributed by atoms with van der Waals surface area (Å²) in [5.41, 5.74) is 9.32. The van der Waals surface area contributed by atoms with Crippen molar-refractivity contribution in [2.24, 2.45) is 0 Å². The van der Waals surface area contributed by atoms with Crippen LogP contribution in [0, 0.1) is 11.6 Å². The van der Waals surface area contributed by atoms with Gasteiger partial charge < -0.3 is 20.4 Å². The number of thiocarbonyl (C=S) groups is 1. The van der Waals surface area contributed by atoms with Gasteiger partial charge in [-0.05, 0) is 71.3 Å².